The highest BCUT2D eigenvalue weighted by molar-refractivity contribution is 7.17. The number of hydrogen-bond acceptors (Lipinski definition) is 4. The first kappa shape index (κ1) is 16.3. The molecule has 2 amide bonds. The molecule has 1 aliphatic rings. The van der Waals surface area contributed by atoms with Gasteiger partial charge in [0.15, 0.2) is 0 Å². The minimum atomic E-state index is -0.520. The van der Waals surface area contributed by atoms with E-state index in [0.29, 0.717) is 11.5 Å². The fraction of sp³-hybridized carbons (Fsp3) is 0.0526. The minimum Gasteiger partial charge on any atom is -0.488 e. The number of carbonyl (C=O) groups is 2. The number of rotatable bonds is 2. The maximum absolute atomic E-state index is 12.9. The average Bonchev–Trinajstić information content (AvgIpc) is 3.11. The van der Waals surface area contributed by atoms with Crippen LogP contribution in [0.5, 0.6) is 5.75 Å². The quantitative estimate of drug-likeness (QED) is 0.680. The van der Waals surface area contributed by atoms with Crippen LogP contribution in [0.1, 0.15) is 25.6 Å². The molecule has 3 aromatic rings. The molecule has 0 aliphatic carbocycles. The minimum absolute atomic E-state index is 0.250. The molecule has 26 heavy (non-hydrogen) atoms. The first-order valence-electron chi connectivity index (χ1n) is 7.83. The maximum atomic E-state index is 12.9. The van der Waals surface area contributed by atoms with Crippen LogP contribution < -0.4 is 15.6 Å². The van der Waals surface area contributed by atoms with Gasteiger partial charge in [-0.3, -0.25) is 20.4 Å². The van der Waals surface area contributed by atoms with Gasteiger partial charge in [0.25, 0.3) is 11.8 Å². The van der Waals surface area contributed by atoms with E-state index in [1.54, 1.807) is 6.07 Å². The van der Waals surface area contributed by atoms with Crippen LogP contribution in [0.4, 0.5) is 4.39 Å². The van der Waals surface area contributed by atoms with Gasteiger partial charge >= 0.3 is 0 Å². The molecule has 130 valence electrons. The lowest BCUT2D eigenvalue weighted by Gasteiger charge is -2.16. The number of carbonyl (C=O) groups excluding carboxylic acids is 2. The fourth-order valence-corrected chi connectivity index (χ4v) is 3.75. The van der Waals surface area contributed by atoms with Gasteiger partial charge in [-0.1, -0.05) is 12.1 Å². The van der Waals surface area contributed by atoms with Crippen molar-refractivity contribution < 1.29 is 18.7 Å². The van der Waals surface area contributed by atoms with E-state index in [9.17, 15) is 14.0 Å². The van der Waals surface area contributed by atoms with Crippen LogP contribution in [0.3, 0.4) is 0 Å². The smallest absolute Gasteiger partial charge is 0.279 e. The third-order valence-electron chi connectivity index (χ3n) is 3.94. The molecule has 0 atom stereocenters. The summed E-state index contributed by atoms with van der Waals surface area (Å²) in [5, 5.41) is 0. The third-order valence-corrected chi connectivity index (χ3v) is 5.15. The molecule has 0 saturated heterocycles. The summed E-state index contributed by atoms with van der Waals surface area (Å²) in [6.07, 6.45) is 0. The van der Waals surface area contributed by atoms with Gasteiger partial charge in [-0.05, 0) is 42.5 Å². The van der Waals surface area contributed by atoms with Crippen molar-refractivity contribution in [2.24, 2.45) is 0 Å². The molecule has 2 aromatic carbocycles. The highest BCUT2D eigenvalue weighted by atomic mass is 32.1. The molecular formula is C19H13FN2O3S. The van der Waals surface area contributed by atoms with Crippen LogP contribution >= 0.6 is 11.3 Å². The number of hydrogen-bond donors (Lipinski definition) is 2. The molecule has 0 radical (unpaired) electrons. The lowest BCUT2D eigenvalue weighted by molar-refractivity contribution is 0.0849. The largest absolute Gasteiger partial charge is 0.488 e. The number of nitrogens with one attached hydrogen (secondary N) is 2. The summed E-state index contributed by atoms with van der Waals surface area (Å²) in [5.74, 6) is -0.582. The molecule has 2 heterocycles. The Bertz CT molecular complexity index is 998. The Labute approximate surface area is 152 Å². The van der Waals surface area contributed by atoms with Crippen molar-refractivity contribution in [2.75, 3.05) is 0 Å². The van der Waals surface area contributed by atoms with E-state index in [1.165, 1.54) is 35.6 Å². The number of amides is 2. The van der Waals surface area contributed by atoms with E-state index in [-0.39, 0.29) is 5.56 Å². The summed E-state index contributed by atoms with van der Waals surface area (Å²) in [4.78, 5) is 25.8. The highest BCUT2D eigenvalue weighted by Gasteiger charge is 2.22. The zero-order chi connectivity index (χ0) is 18.1. The van der Waals surface area contributed by atoms with Crippen molar-refractivity contribution in [3.05, 3.63) is 76.4 Å². The van der Waals surface area contributed by atoms with E-state index in [2.05, 4.69) is 10.9 Å². The lowest BCUT2D eigenvalue weighted by atomic mass is 10.1. The molecule has 0 spiro atoms. The van der Waals surface area contributed by atoms with E-state index in [4.69, 9.17) is 4.74 Å². The summed E-state index contributed by atoms with van der Waals surface area (Å²) >= 11 is 1.34. The molecule has 1 aliphatic heterocycles. The molecule has 0 saturated carbocycles. The molecule has 5 nitrogen and oxygen atoms in total. The maximum Gasteiger partial charge on any atom is 0.279 e. The number of hydrazine groups is 1. The third kappa shape index (κ3) is 3.04. The number of halogens is 1. The first-order valence-corrected chi connectivity index (χ1v) is 8.64. The van der Waals surface area contributed by atoms with E-state index >= 15 is 0 Å². The lowest BCUT2D eigenvalue weighted by Crippen LogP contribution is -2.41. The van der Waals surface area contributed by atoms with Crippen LogP contribution in [0.25, 0.3) is 10.4 Å². The highest BCUT2D eigenvalue weighted by Crippen LogP contribution is 2.42. The van der Waals surface area contributed by atoms with Gasteiger partial charge < -0.3 is 4.74 Å². The zero-order valence-corrected chi connectivity index (χ0v) is 14.2. The monoisotopic (exact) mass is 368 g/mol. The van der Waals surface area contributed by atoms with Crippen molar-refractivity contribution in [3.8, 4) is 16.2 Å². The van der Waals surface area contributed by atoms with Crippen LogP contribution in [0.15, 0.2) is 54.6 Å². The molecule has 0 fully saturated rings. The second-order valence-corrected chi connectivity index (χ2v) is 6.72. The van der Waals surface area contributed by atoms with Gasteiger partial charge in [0.2, 0.25) is 0 Å². The Balaban J connectivity index is 1.47. The van der Waals surface area contributed by atoms with E-state index < -0.39 is 17.6 Å². The number of para-hydroxylation sites is 1. The van der Waals surface area contributed by atoms with Crippen molar-refractivity contribution in [1.82, 2.24) is 10.9 Å². The summed E-state index contributed by atoms with van der Waals surface area (Å²) in [6, 6.07) is 14.5. The molecule has 2 N–H and O–H groups in total. The number of ether oxygens (including phenoxy) is 1. The average molecular weight is 368 g/mol. The predicted octanol–water partition coefficient (Wildman–Crippen LogP) is 3.52. The van der Waals surface area contributed by atoms with Gasteiger partial charge in [-0.15, -0.1) is 11.3 Å². The molecule has 0 unspecified atom stereocenters. The van der Waals surface area contributed by atoms with Crippen molar-refractivity contribution in [2.45, 2.75) is 6.61 Å². The Morgan fingerprint density at radius 2 is 1.73 bits per heavy atom. The molecular weight excluding hydrogens is 355 g/mol. The predicted molar refractivity (Wildman–Crippen MR) is 95.4 cm³/mol. The van der Waals surface area contributed by atoms with Gasteiger partial charge in [0.1, 0.15) is 18.2 Å². The molecule has 0 bridgehead atoms. The Kier molecular flexibility index (Phi) is 4.14. The van der Waals surface area contributed by atoms with Crippen molar-refractivity contribution in [3.63, 3.8) is 0 Å². The van der Waals surface area contributed by atoms with E-state index in [0.717, 1.165) is 21.8 Å². The van der Waals surface area contributed by atoms with Gasteiger partial charge in [0.05, 0.1) is 4.88 Å². The van der Waals surface area contributed by atoms with Gasteiger partial charge in [-0.25, -0.2) is 4.39 Å². The van der Waals surface area contributed by atoms with Crippen molar-refractivity contribution in [1.29, 1.82) is 0 Å². The zero-order valence-electron chi connectivity index (χ0n) is 13.4. The van der Waals surface area contributed by atoms with Crippen LogP contribution in [-0.2, 0) is 6.61 Å². The second kappa shape index (κ2) is 6.61. The Morgan fingerprint density at radius 1 is 1.00 bits per heavy atom. The van der Waals surface area contributed by atoms with Crippen LogP contribution in [-0.4, -0.2) is 11.8 Å². The Morgan fingerprint density at radius 3 is 2.54 bits per heavy atom. The number of thiophene rings is 1. The van der Waals surface area contributed by atoms with E-state index in [1.807, 2.05) is 24.3 Å². The number of benzene rings is 2. The van der Waals surface area contributed by atoms with Gasteiger partial charge in [0, 0.05) is 21.6 Å². The van der Waals surface area contributed by atoms with Gasteiger partial charge in [-0.2, -0.15) is 0 Å². The topological polar surface area (TPSA) is 67.4 Å². The summed E-state index contributed by atoms with van der Waals surface area (Å²) in [6.45, 7) is 0.401. The van der Waals surface area contributed by atoms with Crippen LogP contribution in [0, 0.1) is 5.82 Å². The molecule has 4 rings (SSSR count). The first-order chi connectivity index (χ1) is 12.6. The Hall–Kier alpha value is -3.19. The normalized spacial score (nSPS) is 11.7. The summed E-state index contributed by atoms with van der Waals surface area (Å²) in [5.41, 5.74) is 6.85. The SMILES string of the molecule is O=C(NNC(=O)c1cc2c(s1)-c1ccccc1OC2)c1ccc(F)cc1. The molecule has 7 heteroatoms. The second-order valence-electron chi connectivity index (χ2n) is 5.66. The fourth-order valence-electron chi connectivity index (χ4n) is 2.66. The number of fused-ring (bicyclic) bond motifs is 3. The molecule has 1 aromatic heterocycles. The summed E-state index contributed by atoms with van der Waals surface area (Å²) in [7, 11) is 0. The standard InChI is InChI=1S/C19H13FN2O3S/c20-13-7-5-11(6-8-13)18(23)21-22-19(24)16-9-12-10-25-15-4-2-1-3-14(15)17(12)26-16/h1-9H,10H2,(H,21,23)(H,22,24). The van der Waals surface area contributed by atoms with Crippen LogP contribution in [0.2, 0.25) is 0 Å². The van der Waals surface area contributed by atoms with Crippen molar-refractivity contribution >= 4 is 23.2 Å². The summed E-state index contributed by atoms with van der Waals surface area (Å²) < 4.78 is 18.6.